The van der Waals surface area contributed by atoms with E-state index in [2.05, 4.69) is 0 Å². The van der Waals surface area contributed by atoms with Gasteiger partial charge in [0.05, 0.1) is 0 Å². The van der Waals surface area contributed by atoms with Gasteiger partial charge in [0.1, 0.15) is 0 Å². The summed E-state index contributed by atoms with van der Waals surface area (Å²) in [5.74, 6) is 0.235. The summed E-state index contributed by atoms with van der Waals surface area (Å²) in [5, 5.41) is 8.76. The molecule has 1 N–H and O–H groups in total. The Morgan fingerprint density at radius 3 is 2.39 bits per heavy atom. The highest BCUT2D eigenvalue weighted by molar-refractivity contribution is 5.77. The topological polar surface area (TPSA) is 57.6 Å². The second kappa shape index (κ2) is 6.21. The predicted octanol–water partition coefficient (Wildman–Crippen LogP) is 2.28. The summed E-state index contributed by atoms with van der Waals surface area (Å²) in [4.78, 5) is 24.6. The van der Waals surface area contributed by atoms with Gasteiger partial charge in [-0.1, -0.05) is 19.3 Å². The molecule has 102 valence electrons. The van der Waals surface area contributed by atoms with Crippen LogP contribution in [0.15, 0.2) is 0 Å². The molecule has 0 aromatic carbocycles. The third kappa shape index (κ3) is 3.72. The monoisotopic (exact) mass is 253 g/mol. The fourth-order valence-corrected chi connectivity index (χ4v) is 3.24. The number of likely N-dealkylation sites (tertiary alicyclic amines) is 1. The highest BCUT2D eigenvalue weighted by Gasteiger charge is 2.29. The molecule has 0 bridgehead atoms. The number of carboxylic acid groups (broad SMARTS) is 1. The predicted molar refractivity (Wildman–Crippen MR) is 68.1 cm³/mol. The van der Waals surface area contributed by atoms with Gasteiger partial charge in [-0.15, -0.1) is 0 Å². The summed E-state index contributed by atoms with van der Waals surface area (Å²) in [5.41, 5.74) is 0. The zero-order valence-corrected chi connectivity index (χ0v) is 10.9. The van der Waals surface area contributed by atoms with Crippen molar-refractivity contribution >= 4 is 11.9 Å². The van der Waals surface area contributed by atoms with Gasteiger partial charge < -0.3 is 10.0 Å². The van der Waals surface area contributed by atoms with Crippen LogP contribution < -0.4 is 0 Å². The molecule has 1 aliphatic heterocycles. The molecular formula is C14H23NO3. The van der Waals surface area contributed by atoms with Crippen molar-refractivity contribution in [1.29, 1.82) is 0 Å². The molecule has 2 rings (SSSR count). The van der Waals surface area contributed by atoms with Crippen LogP contribution in [-0.4, -0.2) is 35.0 Å². The fraction of sp³-hybridized carbons (Fsp3) is 0.857. The Bertz CT molecular complexity index is 310. The lowest BCUT2D eigenvalue weighted by Crippen LogP contribution is -2.30. The number of nitrogens with zero attached hydrogens (tertiary/aromatic N) is 1. The van der Waals surface area contributed by atoms with Gasteiger partial charge >= 0.3 is 5.97 Å². The van der Waals surface area contributed by atoms with E-state index in [4.69, 9.17) is 5.11 Å². The van der Waals surface area contributed by atoms with Crippen LogP contribution in [-0.2, 0) is 9.59 Å². The quantitative estimate of drug-likeness (QED) is 0.836. The molecule has 1 atom stereocenters. The van der Waals surface area contributed by atoms with Crippen molar-refractivity contribution in [3.05, 3.63) is 0 Å². The van der Waals surface area contributed by atoms with Crippen LogP contribution in [0.3, 0.4) is 0 Å². The standard InChI is InChI=1S/C14H23NO3/c16-13(8-11-4-2-1-3-5-11)15-7-6-12(10-15)9-14(17)18/h11-12H,1-10H2,(H,17,18). The number of rotatable bonds is 4. The molecule has 0 radical (unpaired) electrons. The van der Waals surface area contributed by atoms with Crippen LogP contribution in [0.4, 0.5) is 0 Å². The van der Waals surface area contributed by atoms with Crippen LogP contribution >= 0.6 is 0 Å². The fourth-order valence-electron chi connectivity index (χ4n) is 3.24. The van der Waals surface area contributed by atoms with E-state index in [0.29, 0.717) is 18.9 Å². The maximum Gasteiger partial charge on any atom is 0.303 e. The van der Waals surface area contributed by atoms with Crippen molar-refractivity contribution in [2.24, 2.45) is 11.8 Å². The molecule has 0 aromatic heterocycles. The third-order valence-corrected chi connectivity index (χ3v) is 4.29. The number of carbonyl (C=O) groups excluding carboxylic acids is 1. The van der Waals surface area contributed by atoms with Gasteiger partial charge in [0, 0.05) is 25.9 Å². The summed E-state index contributed by atoms with van der Waals surface area (Å²) in [6, 6.07) is 0. The molecule has 0 spiro atoms. The van der Waals surface area contributed by atoms with Crippen molar-refractivity contribution in [3.63, 3.8) is 0 Å². The minimum atomic E-state index is -0.749. The van der Waals surface area contributed by atoms with E-state index in [-0.39, 0.29) is 18.2 Å². The Morgan fingerprint density at radius 1 is 1.00 bits per heavy atom. The Kier molecular flexibility index (Phi) is 4.61. The SMILES string of the molecule is O=C(O)CC1CCN(C(=O)CC2CCCCC2)C1. The summed E-state index contributed by atoms with van der Waals surface area (Å²) in [7, 11) is 0. The first-order valence-corrected chi connectivity index (χ1v) is 7.14. The molecule has 1 unspecified atom stereocenters. The maximum absolute atomic E-state index is 12.1. The van der Waals surface area contributed by atoms with Crippen LogP contribution in [0.25, 0.3) is 0 Å². The highest BCUT2D eigenvalue weighted by atomic mass is 16.4. The van der Waals surface area contributed by atoms with Gasteiger partial charge in [-0.25, -0.2) is 0 Å². The lowest BCUT2D eigenvalue weighted by Gasteiger charge is -2.24. The van der Waals surface area contributed by atoms with E-state index in [9.17, 15) is 9.59 Å². The van der Waals surface area contributed by atoms with Gasteiger partial charge in [-0.3, -0.25) is 9.59 Å². The van der Waals surface area contributed by atoms with Gasteiger partial charge in [-0.05, 0) is 31.1 Å². The van der Waals surface area contributed by atoms with Gasteiger partial charge in [0.15, 0.2) is 0 Å². The normalized spacial score (nSPS) is 25.3. The third-order valence-electron chi connectivity index (χ3n) is 4.29. The number of aliphatic carboxylic acids is 1. The molecular weight excluding hydrogens is 230 g/mol. The summed E-state index contributed by atoms with van der Waals surface area (Å²) >= 11 is 0. The molecule has 2 fully saturated rings. The molecule has 2 aliphatic rings. The van der Waals surface area contributed by atoms with Crippen molar-refractivity contribution in [1.82, 2.24) is 4.90 Å². The van der Waals surface area contributed by atoms with E-state index in [1.165, 1.54) is 32.1 Å². The molecule has 1 saturated heterocycles. The van der Waals surface area contributed by atoms with E-state index < -0.39 is 5.97 Å². The van der Waals surface area contributed by atoms with Crippen LogP contribution in [0, 0.1) is 11.8 Å². The molecule has 18 heavy (non-hydrogen) atoms. The smallest absolute Gasteiger partial charge is 0.303 e. The second-order valence-electron chi connectivity index (χ2n) is 5.80. The Balaban J connectivity index is 1.74. The molecule has 1 saturated carbocycles. The van der Waals surface area contributed by atoms with E-state index in [0.717, 1.165) is 13.0 Å². The first-order chi connectivity index (χ1) is 8.65. The van der Waals surface area contributed by atoms with Crippen molar-refractivity contribution in [2.45, 2.75) is 51.4 Å². The van der Waals surface area contributed by atoms with Crippen LogP contribution in [0.2, 0.25) is 0 Å². The highest BCUT2D eigenvalue weighted by Crippen LogP contribution is 2.28. The number of amides is 1. The molecule has 1 amide bonds. The van der Waals surface area contributed by atoms with E-state index >= 15 is 0 Å². The molecule has 1 heterocycles. The van der Waals surface area contributed by atoms with Gasteiger partial charge in [0.2, 0.25) is 5.91 Å². The second-order valence-corrected chi connectivity index (χ2v) is 5.80. The zero-order chi connectivity index (χ0) is 13.0. The lowest BCUT2D eigenvalue weighted by atomic mass is 9.87. The zero-order valence-electron chi connectivity index (χ0n) is 10.9. The number of hydrogen-bond acceptors (Lipinski definition) is 2. The largest absolute Gasteiger partial charge is 0.481 e. The van der Waals surface area contributed by atoms with Crippen molar-refractivity contribution in [2.75, 3.05) is 13.1 Å². The average molecular weight is 253 g/mol. The maximum atomic E-state index is 12.1. The molecule has 4 nitrogen and oxygen atoms in total. The lowest BCUT2D eigenvalue weighted by molar-refractivity contribution is -0.138. The number of carboxylic acids is 1. The van der Waals surface area contributed by atoms with Crippen LogP contribution in [0.5, 0.6) is 0 Å². The molecule has 4 heteroatoms. The van der Waals surface area contributed by atoms with Crippen molar-refractivity contribution < 1.29 is 14.7 Å². The Hall–Kier alpha value is -1.06. The molecule has 0 aromatic rings. The Morgan fingerprint density at radius 2 is 1.72 bits per heavy atom. The summed E-state index contributed by atoms with van der Waals surface area (Å²) < 4.78 is 0. The minimum absolute atomic E-state index is 0.165. The van der Waals surface area contributed by atoms with Gasteiger partial charge in [0.25, 0.3) is 0 Å². The summed E-state index contributed by atoms with van der Waals surface area (Å²) in [6.45, 7) is 1.40. The van der Waals surface area contributed by atoms with Crippen molar-refractivity contribution in [3.8, 4) is 0 Å². The average Bonchev–Trinajstić information content (AvgIpc) is 2.78. The summed E-state index contributed by atoms with van der Waals surface area (Å²) in [6.07, 6.45) is 7.96. The Labute approximate surface area is 108 Å². The van der Waals surface area contributed by atoms with E-state index in [1.54, 1.807) is 0 Å². The first-order valence-electron chi connectivity index (χ1n) is 7.14. The number of hydrogen-bond donors (Lipinski definition) is 1. The van der Waals surface area contributed by atoms with E-state index in [1.807, 2.05) is 4.90 Å². The number of carbonyl (C=O) groups is 2. The molecule has 1 aliphatic carbocycles. The first kappa shape index (κ1) is 13.4. The minimum Gasteiger partial charge on any atom is -0.481 e. The van der Waals surface area contributed by atoms with Gasteiger partial charge in [-0.2, -0.15) is 0 Å². The van der Waals surface area contributed by atoms with Crippen LogP contribution in [0.1, 0.15) is 51.4 Å².